The molecule has 0 bridgehead atoms. The molecule has 19 heavy (non-hydrogen) atoms. The van der Waals surface area contributed by atoms with E-state index in [1.165, 1.54) is 24.3 Å². The van der Waals surface area contributed by atoms with Gasteiger partial charge in [0.05, 0.1) is 5.56 Å². The zero-order valence-corrected chi connectivity index (χ0v) is 9.95. The van der Waals surface area contributed by atoms with Crippen LogP contribution in [-0.2, 0) is 11.0 Å². The van der Waals surface area contributed by atoms with Crippen LogP contribution >= 0.6 is 0 Å². The third-order valence-corrected chi connectivity index (χ3v) is 2.75. The van der Waals surface area contributed by atoms with E-state index in [9.17, 15) is 18.0 Å². The minimum Gasteiger partial charge on any atom is -0.290 e. The van der Waals surface area contributed by atoms with Gasteiger partial charge in [0.15, 0.2) is 5.78 Å². The molecular weight excluding hydrogens is 253 g/mol. The molecule has 98 valence electrons. The molecule has 0 radical (unpaired) electrons. The van der Waals surface area contributed by atoms with E-state index in [2.05, 4.69) is 0 Å². The van der Waals surface area contributed by atoms with Crippen LogP contribution in [0.4, 0.5) is 13.2 Å². The summed E-state index contributed by atoms with van der Waals surface area (Å²) in [5.74, 6) is -0.120. The van der Waals surface area contributed by atoms with E-state index in [0.717, 1.165) is 12.1 Å². The maximum atomic E-state index is 12.4. The topological polar surface area (TPSA) is 17.1 Å². The van der Waals surface area contributed by atoms with E-state index in [0.29, 0.717) is 17.6 Å². The molecule has 0 aliphatic heterocycles. The van der Waals surface area contributed by atoms with Crippen molar-refractivity contribution in [2.45, 2.75) is 12.6 Å². The molecule has 0 atom stereocenters. The lowest BCUT2D eigenvalue weighted by Crippen LogP contribution is -2.04. The first-order valence-corrected chi connectivity index (χ1v) is 5.72. The highest BCUT2D eigenvalue weighted by Crippen LogP contribution is 2.29. The van der Waals surface area contributed by atoms with E-state index in [1.54, 1.807) is 12.2 Å². The number of benzene rings is 1. The summed E-state index contributed by atoms with van der Waals surface area (Å²) in [7, 11) is 0. The summed E-state index contributed by atoms with van der Waals surface area (Å²) in [4.78, 5) is 11.7. The Bertz CT molecular complexity index is 560. The van der Waals surface area contributed by atoms with E-state index in [-0.39, 0.29) is 5.78 Å². The Morgan fingerprint density at radius 3 is 2.37 bits per heavy atom. The number of carbonyl (C=O) groups excluding carboxylic acids is 1. The van der Waals surface area contributed by atoms with E-state index in [1.807, 2.05) is 6.08 Å². The van der Waals surface area contributed by atoms with Crippen LogP contribution in [0.15, 0.2) is 54.1 Å². The molecule has 0 heterocycles. The molecule has 0 fully saturated rings. The number of allylic oxidation sites excluding steroid dienone is 5. The van der Waals surface area contributed by atoms with E-state index >= 15 is 0 Å². The maximum Gasteiger partial charge on any atom is 0.416 e. The van der Waals surface area contributed by atoms with E-state index in [4.69, 9.17) is 0 Å². The fourth-order valence-electron chi connectivity index (χ4n) is 1.69. The van der Waals surface area contributed by atoms with Crippen LogP contribution < -0.4 is 0 Å². The Morgan fingerprint density at radius 1 is 1.16 bits per heavy atom. The van der Waals surface area contributed by atoms with Crippen molar-refractivity contribution in [2.24, 2.45) is 0 Å². The molecule has 1 aliphatic carbocycles. The third-order valence-electron chi connectivity index (χ3n) is 2.75. The van der Waals surface area contributed by atoms with Crippen LogP contribution in [0.2, 0.25) is 0 Å². The summed E-state index contributed by atoms with van der Waals surface area (Å²) in [5.41, 5.74) is 0.551. The molecule has 0 aromatic heterocycles. The van der Waals surface area contributed by atoms with Crippen molar-refractivity contribution < 1.29 is 18.0 Å². The molecule has 1 aromatic carbocycles. The Morgan fingerprint density at radius 2 is 1.84 bits per heavy atom. The van der Waals surface area contributed by atoms with Crippen molar-refractivity contribution in [3.05, 3.63) is 65.3 Å². The summed E-state index contributed by atoms with van der Waals surface area (Å²) in [6.45, 7) is 0. The summed E-state index contributed by atoms with van der Waals surface area (Å²) in [5, 5.41) is 0. The second kappa shape index (κ2) is 5.26. The second-order valence-corrected chi connectivity index (χ2v) is 4.14. The van der Waals surface area contributed by atoms with Gasteiger partial charge >= 0.3 is 6.18 Å². The molecule has 0 N–H and O–H groups in total. The number of alkyl halides is 3. The average molecular weight is 264 g/mol. The van der Waals surface area contributed by atoms with Gasteiger partial charge in [0.25, 0.3) is 0 Å². The molecule has 0 spiro atoms. The second-order valence-electron chi connectivity index (χ2n) is 4.14. The van der Waals surface area contributed by atoms with Crippen LogP contribution in [-0.4, -0.2) is 5.78 Å². The fraction of sp³-hybridized carbons (Fsp3) is 0.133. The quantitative estimate of drug-likeness (QED) is 0.749. The van der Waals surface area contributed by atoms with Gasteiger partial charge in [0, 0.05) is 5.57 Å². The molecular formula is C15H11F3O. The SMILES string of the molecule is O=C(/C=C/c1ccc(C(F)(F)F)cc1)C1=CC=CC1. The molecule has 0 unspecified atom stereocenters. The lowest BCUT2D eigenvalue weighted by atomic mass is 10.1. The number of hydrogen-bond donors (Lipinski definition) is 0. The van der Waals surface area contributed by atoms with Gasteiger partial charge in [-0.25, -0.2) is 0 Å². The molecule has 0 saturated heterocycles. The first-order valence-electron chi connectivity index (χ1n) is 5.72. The predicted octanol–water partition coefficient (Wildman–Crippen LogP) is 4.17. The van der Waals surface area contributed by atoms with Gasteiger partial charge in [-0.15, -0.1) is 0 Å². The number of ketones is 1. The molecule has 1 aliphatic rings. The fourth-order valence-corrected chi connectivity index (χ4v) is 1.69. The van der Waals surface area contributed by atoms with Crippen LogP contribution in [0, 0.1) is 0 Å². The number of rotatable bonds is 3. The van der Waals surface area contributed by atoms with Crippen molar-refractivity contribution in [2.75, 3.05) is 0 Å². The minimum atomic E-state index is -4.33. The van der Waals surface area contributed by atoms with Crippen molar-refractivity contribution in [1.29, 1.82) is 0 Å². The van der Waals surface area contributed by atoms with Gasteiger partial charge in [-0.3, -0.25) is 4.79 Å². The van der Waals surface area contributed by atoms with Crippen LogP contribution in [0.3, 0.4) is 0 Å². The predicted molar refractivity (Wildman–Crippen MR) is 67.3 cm³/mol. The van der Waals surface area contributed by atoms with Crippen LogP contribution in [0.5, 0.6) is 0 Å². The first-order chi connectivity index (χ1) is 8.97. The zero-order chi connectivity index (χ0) is 13.9. The normalized spacial score (nSPS) is 15.0. The standard InChI is InChI=1S/C15H11F3O/c16-15(17,18)13-8-5-11(6-9-13)7-10-14(19)12-3-1-2-4-12/h1-3,5-10H,4H2/b10-7+. The van der Waals surface area contributed by atoms with Crippen molar-refractivity contribution >= 4 is 11.9 Å². The Labute approximate surface area is 108 Å². The van der Waals surface area contributed by atoms with Gasteiger partial charge in [-0.1, -0.05) is 36.4 Å². The van der Waals surface area contributed by atoms with Gasteiger partial charge in [0.1, 0.15) is 0 Å². The highest BCUT2D eigenvalue weighted by atomic mass is 19.4. The molecule has 2 rings (SSSR count). The summed E-state index contributed by atoms with van der Waals surface area (Å²) in [6.07, 6.45) is 4.58. The molecule has 1 nitrogen and oxygen atoms in total. The number of carbonyl (C=O) groups is 1. The van der Waals surface area contributed by atoms with Crippen LogP contribution in [0.1, 0.15) is 17.5 Å². The summed E-state index contributed by atoms with van der Waals surface area (Å²) >= 11 is 0. The average Bonchev–Trinajstić information content (AvgIpc) is 2.89. The molecule has 1 aromatic rings. The zero-order valence-electron chi connectivity index (χ0n) is 9.95. The van der Waals surface area contributed by atoms with Gasteiger partial charge in [0.2, 0.25) is 0 Å². The van der Waals surface area contributed by atoms with Crippen LogP contribution in [0.25, 0.3) is 6.08 Å². The lowest BCUT2D eigenvalue weighted by Gasteiger charge is -2.05. The summed E-state index contributed by atoms with van der Waals surface area (Å²) < 4.78 is 37.1. The monoisotopic (exact) mass is 264 g/mol. The molecule has 0 saturated carbocycles. The van der Waals surface area contributed by atoms with Gasteiger partial charge in [-0.05, 0) is 30.2 Å². The Hall–Kier alpha value is -2.10. The summed E-state index contributed by atoms with van der Waals surface area (Å²) in [6, 6.07) is 4.68. The first kappa shape index (κ1) is 13.3. The number of hydrogen-bond acceptors (Lipinski definition) is 1. The van der Waals surface area contributed by atoms with Crippen molar-refractivity contribution in [3.8, 4) is 0 Å². The lowest BCUT2D eigenvalue weighted by molar-refractivity contribution is -0.137. The molecule has 4 heteroatoms. The smallest absolute Gasteiger partial charge is 0.290 e. The maximum absolute atomic E-state index is 12.4. The Kier molecular flexibility index (Phi) is 3.69. The van der Waals surface area contributed by atoms with E-state index < -0.39 is 11.7 Å². The molecule has 0 amide bonds. The number of halogens is 3. The Balaban J connectivity index is 2.05. The highest BCUT2D eigenvalue weighted by molar-refractivity contribution is 6.07. The van der Waals surface area contributed by atoms with Gasteiger partial charge in [-0.2, -0.15) is 13.2 Å². The van der Waals surface area contributed by atoms with Gasteiger partial charge < -0.3 is 0 Å². The third kappa shape index (κ3) is 3.44. The minimum absolute atomic E-state index is 0.120. The van der Waals surface area contributed by atoms with Crippen molar-refractivity contribution in [3.63, 3.8) is 0 Å². The largest absolute Gasteiger partial charge is 0.416 e. The highest BCUT2D eigenvalue weighted by Gasteiger charge is 2.29. The van der Waals surface area contributed by atoms with Crippen molar-refractivity contribution in [1.82, 2.24) is 0 Å².